The molecule has 3 aromatic rings. The van der Waals surface area contributed by atoms with Gasteiger partial charge in [0.25, 0.3) is 0 Å². The molecule has 2 aromatic heterocycles. The lowest BCUT2D eigenvalue weighted by atomic mass is 9.96. The third-order valence-electron chi connectivity index (χ3n) is 4.90. The second kappa shape index (κ2) is 8.31. The van der Waals surface area contributed by atoms with Crippen LogP contribution in [0.25, 0.3) is 0 Å². The van der Waals surface area contributed by atoms with Crippen molar-refractivity contribution in [3.05, 3.63) is 77.7 Å². The van der Waals surface area contributed by atoms with E-state index < -0.39 is 0 Å². The lowest BCUT2D eigenvalue weighted by Gasteiger charge is -2.16. The summed E-state index contributed by atoms with van der Waals surface area (Å²) in [6.45, 7) is 1.17. The Hall–Kier alpha value is -3.06. The van der Waals surface area contributed by atoms with Crippen LogP contribution in [0.15, 0.2) is 59.4 Å². The molecular formula is C21H22N4O3. The molecule has 1 saturated heterocycles. The molecule has 0 saturated carbocycles. The minimum atomic E-state index is -0.154. The number of amides is 1. The second-order valence-corrected chi connectivity index (χ2v) is 6.93. The molecule has 0 N–H and O–H groups in total. The molecule has 7 heteroatoms. The first-order valence-corrected chi connectivity index (χ1v) is 9.32. The summed E-state index contributed by atoms with van der Waals surface area (Å²) in [4.78, 5) is 22.8. The molecule has 28 heavy (non-hydrogen) atoms. The highest BCUT2D eigenvalue weighted by Gasteiger charge is 2.35. The van der Waals surface area contributed by atoms with E-state index in [-0.39, 0.29) is 24.3 Å². The predicted molar refractivity (Wildman–Crippen MR) is 101 cm³/mol. The molecule has 2 atom stereocenters. The average molecular weight is 378 g/mol. The first kappa shape index (κ1) is 18.3. The molecular weight excluding hydrogens is 356 g/mol. The number of carbonyl (C=O) groups excluding carboxylic acids is 1. The number of carbonyl (C=O) groups is 1. The standard InChI is InChI=1S/C21H22N4O3/c1-25(14-15-6-3-2-4-7-15)19(26)12-18-23-21(28-24-18)17-9-11-27-20(17)16-8-5-10-22-13-16/h2-8,10,13,17,20H,9,11-12,14H2,1H3/t17-,20+/m0/s1. The van der Waals surface area contributed by atoms with Crippen molar-refractivity contribution in [2.24, 2.45) is 0 Å². The smallest absolute Gasteiger partial charge is 0.232 e. The van der Waals surface area contributed by atoms with E-state index in [0.29, 0.717) is 24.9 Å². The number of pyridine rings is 1. The van der Waals surface area contributed by atoms with Gasteiger partial charge in [0.1, 0.15) is 0 Å². The minimum absolute atomic E-state index is 0.0254. The van der Waals surface area contributed by atoms with Crippen molar-refractivity contribution < 1.29 is 14.1 Å². The predicted octanol–water partition coefficient (Wildman–Crippen LogP) is 2.91. The third kappa shape index (κ3) is 4.09. The van der Waals surface area contributed by atoms with E-state index in [1.165, 1.54) is 0 Å². The van der Waals surface area contributed by atoms with Gasteiger partial charge >= 0.3 is 0 Å². The fraction of sp³-hybridized carbons (Fsp3) is 0.333. The lowest BCUT2D eigenvalue weighted by molar-refractivity contribution is -0.129. The van der Waals surface area contributed by atoms with Crippen LogP contribution in [-0.2, 0) is 22.5 Å². The number of ether oxygens (including phenoxy) is 1. The van der Waals surface area contributed by atoms with E-state index in [0.717, 1.165) is 17.5 Å². The van der Waals surface area contributed by atoms with E-state index in [2.05, 4.69) is 15.1 Å². The summed E-state index contributed by atoms with van der Waals surface area (Å²) in [5, 5.41) is 4.01. The Labute approximate surface area is 163 Å². The van der Waals surface area contributed by atoms with Gasteiger partial charge in [-0.3, -0.25) is 9.78 Å². The highest BCUT2D eigenvalue weighted by molar-refractivity contribution is 5.77. The Kier molecular flexibility index (Phi) is 5.43. The Morgan fingerprint density at radius 1 is 1.21 bits per heavy atom. The Morgan fingerprint density at radius 3 is 2.86 bits per heavy atom. The Balaban J connectivity index is 1.40. The highest BCUT2D eigenvalue weighted by Crippen LogP contribution is 2.40. The molecule has 7 nitrogen and oxygen atoms in total. The molecule has 3 heterocycles. The minimum Gasteiger partial charge on any atom is -0.373 e. The van der Waals surface area contributed by atoms with Crippen molar-refractivity contribution in [1.82, 2.24) is 20.0 Å². The number of nitrogens with zero attached hydrogens (tertiary/aromatic N) is 4. The van der Waals surface area contributed by atoms with Crippen LogP contribution in [0.4, 0.5) is 0 Å². The monoisotopic (exact) mass is 378 g/mol. The van der Waals surface area contributed by atoms with Gasteiger partial charge in [0, 0.05) is 32.6 Å². The molecule has 1 fully saturated rings. The van der Waals surface area contributed by atoms with Crippen LogP contribution in [0.5, 0.6) is 0 Å². The number of benzene rings is 1. The molecule has 144 valence electrons. The molecule has 1 aromatic carbocycles. The van der Waals surface area contributed by atoms with E-state index in [1.807, 2.05) is 42.5 Å². The van der Waals surface area contributed by atoms with Crippen molar-refractivity contribution in [3.63, 3.8) is 0 Å². The largest absolute Gasteiger partial charge is 0.373 e. The highest BCUT2D eigenvalue weighted by atomic mass is 16.5. The molecule has 1 aliphatic rings. The SMILES string of the molecule is CN(Cc1ccccc1)C(=O)Cc1noc([C@H]2CCO[C@@H]2c2cccnc2)n1. The van der Waals surface area contributed by atoms with Crippen LogP contribution in [-0.4, -0.2) is 39.6 Å². The first-order chi connectivity index (χ1) is 13.7. The zero-order valence-corrected chi connectivity index (χ0v) is 15.7. The number of hydrogen-bond donors (Lipinski definition) is 0. The van der Waals surface area contributed by atoms with Gasteiger partial charge < -0.3 is 14.2 Å². The van der Waals surface area contributed by atoms with Gasteiger partial charge in [0.15, 0.2) is 5.82 Å². The topological polar surface area (TPSA) is 81.4 Å². The Bertz CT molecular complexity index is 914. The van der Waals surface area contributed by atoms with Crippen LogP contribution >= 0.6 is 0 Å². The molecule has 0 bridgehead atoms. The van der Waals surface area contributed by atoms with Crippen LogP contribution in [0.2, 0.25) is 0 Å². The summed E-state index contributed by atoms with van der Waals surface area (Å²) in [5.74, 6) is 0.835. The van der Waals surface area contributed by atoms with E-state index >= 15 is 0 Å². The number of aromatic nitrogens is 3. The fourth-order valence-corrected chi connectivity index (χ4v) is 3.42. The molecule has 0 radical (unpaired) electrons. The molecule has 0 unspecified atom stereocenters. The first-order valence-electron chi connectivity index (χ1n) is 9.32. The fourth-order valence-electron chi connectivity index (χ4n) is 3.42. The van der Waals surface area contributed by atoms with E-state index in [4.69, 9.17) is 9.26 Å². The summed E-state index contributed by atoms with van der Waals surface area (Å²) in [6.07, 6.45) is 4.28. The maximum absolute atomic E-state index is 12.5. The van der Waals surface area contributed by atoms with Gasteiger partial charge in [0.05, 0.1) is 18.4 Å². The molecule has 1 amide bonds. The molecule has 4 rings (SSSR count). The van der Waals surface area contributed by atoms with Crippen LogP contribution in [0.1, 0.15) is 41.3 Å². The van der Waals surface area contributed by atoms with Crippen LogP contribution in [0, 0.1) is 0 Å². The summed E-state index contributed by atoms with van der Waals surface area (Å²) >= 11 is 0. The second-order valence-electron chi connectivity index (χ2n) is 6.93. The maximum Gasteiger partial charge on any atom is 0.232 e. The van der Waals surface area contributed by atoms with Gasteiger partial charge in [-0.25, -0.2) is 0 Å². The van der Waals surface area contributed by atoms with Crippen molar-refractivity contribution in [2.45, 2.75) is 31.4 Å². The van der Waals surface area contributed by atoms with Crippen molar-refractivity contribution >= 4 is 5.91 Å². The lowest BCUT2D eigenvalue weighted by Crippen LogP contribution is -2.28. The van der Waals surface area contributed by atoms with Crippen molar-refractivity contribution in [2.75, 3.05) is 13.7 Å². The van der Waals surface area contributed by atoms with Crippen LogP contribution in [0.3, 0.4) is 0 Å². The van der Waals surface area contributed by atoms with Crippen LogP contribution < -0.4 is 0 Å². The van der Waals surface area contributed by atoms with Gasteiger partial charge in [-0.1, -0.05) is 41.6 Å². The number of rotatable bonds is 6. The molecule has 1 aliphatic heterocycles. The molecule has 0 aliphatic carbocycles. The van der Waals surface area contributed by atoms with Gasteiger partial charge in [-0.15, -0.1) is 0 Å². The van der Waals surface area contributed by atoms with Crippen molar-refractivity contribution in [1.29, 1.82) is 0 Å². The maximum atomic E-state index is 12.5. The number of hydrogen-bond acceptors (Lipinski definition) is 6. The van der Waals surface area contributed by atoms with Gasteiger partial charge in [-0.05, 0) is 23.6 Å². The van der Waals surface area contributed by atoms with Gasteiger partial charge in [-0.2, -0.15) is 4.98 Å². The van der Waals surface area contributed by atoms with E-state index in [1.54, 1.807) is 24.3 Å². The third-order valence-corrected chi connectivity index (χ3v) is 4.90. The van der Waals surface area contributed by atoms with Gasteiger partial charge in [0.2, 0.25) is 11.8 Å². The van der Waals surface area contributed by atoms with Crippen molar-refractivity contribution in [3.8, 4) is 0 Å². The number of likely N-dealkylation sites (N-methyl/N-ethyl adjacent to an activating group) is 1. The average Bonchev–Trinajstić information content (AvgIpc) is 3.38. The Morgan fingerprint density at radius 2 is 2.07 bits per heavy atom. The normalized spacial score (nSPS) is 18.9. The quantitative estimate of drug-likeness (QED) is 0.656. The zero-order chi connectivity index (χ0) is 19.3. The van der Waals surface area contributed by atoms with E-state index in [9.17, 15) is 4.79 Å². The molecule has 0 spiro atoms. The summed E-state index contributed by atoms with van der Waals surface area (Å²) < 4.78 is 11.3. The summed E-state index contributed by atoms with van der Waals surface area (Å²) in [7, 11) is 1.78. The summed E-state index contributed by atoms with van der Waals surface area (Å²) in [5.41, 5.74) is 2.07. The summed E-state index contributed by atoms with van der Waals surface area (Å²) in [6, 6.07) is 13.7. The zero-order valence-electron chi connectivity index (χ0n) is 15.7.